The second-order valence-electron chi connectivity index (χ2n) is 8.23. The maximum absolute atomic E-state index is 13.0. The Hall–Kier alpha value is -2.68. The first-order chi connectivity index (χ1) is 16.2. The van der Waals surface area contributed by atoms with Crippen LogP contribution >= 0.6 is 23.1 Å². The molecule has 0 radical (unpaired) electrons. The molecule has 34 heavy (non-hydrogen) atoms. The number of thiazole rings is 1. The molecule has 5 N–H and O–H groups in total. The molecule has 3 aliphatic heterocycles. The lowest BCUT2D eigenvalue weighted by atomic mass is 10.0. The maximum atomic E-state index is 13.0. The van der Waals surface area contributed by atoms with Gasteiger partial charge in [-0.2, -0.15) is 0 Å². The van der Waals surface area contributed by atoms with Crippen molar-refractivity contribution in [3.05, 3.63) is 22.3 Å². The van der Waals surface area contributed by atoms with Crippen LogP contribution in [0.3, 0.4) is 0 Å². The fourth-order valence-electron chi connectivity index (χ4n) is 4.55. The van der Waals surface area contributed by atoms with Gasteiger partial charge >= 0.3 is 5.97 Å². The Labute approximate surface area is 203 Å². The molecule has 2 fully saturated rings. The molecule has 0 saturated carbocycles. The summed E-state index contributed by atoms with van der Waals surface area (Å²) in [7, 11) is 1.28. The molecule has 2 saturated heterocycles. The van der Waals surface area contributed by atoms with Crippen molar-refractivity contribution in [3.63, 3.8) is 0 Å². The van der Waals surface area contributed by atoms with Gasteiger partial charge in [0.1, 0.15) is 29.9 Å². The van der Waals surface area contributed by atoms with E-state index in [1.165, 1.54) is 23.8 Å². The zero-order valence-electron chi connectivity index (χ0n) is 18.6. The summed E-state index contributed by atoms with van der Waals surface area (Å²) in [6, 6.07) is -0.953. The molecule has 4 atom stereocenters. The van der Waals surface area contributed by atoms with E-state index in [1.807, 2.05) is 0 Å². The van der Waals surface area contributed by atoms with E-state index in [2.05, 4.69) is 20.4 Å². The molecular weight excluding hydrogens is 484 g/mol. The fraction of sp³-hybridized carbons (Fsp3) is 0.550. The minimum Gasteiger partial charge on any atom is -0.477 e. The van der Waals surface area contributed by atoms with E-state index in [0.29, 0.717) is 17.9 Å². The molecule has 184 valence electrons. The van der Waals surface area contributed by atoms with Gasteiger partial charge in [0.15, 0.2) is 10.8 Å². The van der Waals surface area contributed by atoms with Crippen molar-refractivity contribution < 1.29 is 29.4 Å². The smallest absolute Gasteiger partial charge is 0.352 e. The number of fused-ring (bicyclic) bond motifs is 1. The number of carbonyl (C=O) groups excluding carboxylic acids is 2. The van der Waals surface area contributed by atoms with Crippen molar-refractivity contribution in [3.8, 4) is 0 Å². The van der Waals surface area contributed by atoms with Gasteiger partial charge < -0.3 is 26.1 Å². The van der Waals surface area contributed by atoms with Gasteiger partial charge in [-0.3, -0.25) is 19.4 Å². The lowest BCUT2D eigenvalue weighted by Gasteiger charge is -2.49. The summed E-state index contributed by atoms with van der Waals surface area (Å²) in [5.41, 5.74) is 6.30. The van der Waals surface area contributed by atoms with Crippen LogP contribution in [-0.4, -0.2) is 98.0 Å². The predicted octanol–water partition coefficient (Wildman–Crippen LogP) is -0.340. The van der Waals surface area contributed by atoms with Gasteiger partial charge in [-0.05, 0) is 31.9 Å². The Balaban J connectivity index is 1.50. The fourth-order valence-corrected chi connectivity index (χ4v) is 6.43. The summed E-state index contributed by atoms with van der Waals surface area (Å²) in [4.78, 5) is 50.0. The van der Waals surface area contributed by atoms with Crippen LogP contribution in [-0.2, 0) is 19.2 Å². The number of rotatable bonds is 8. The van der Waals surface area contributed by atoms with Crippen molar-refractivity contribution >= 4 is 51.7 Å². The number of nitrogens with one attached hydrogen (secondary N) is 1. The number of thioether (sulfide) groups is 1. The average molecular weight is 511 g/mol. The number of aromatic nitrogens is 1. The van der Waals surface area contributed by atoms with Crippen molar-refractivity contribution in [2.24, 2.45) is 5.16 Å². The van der Waals surface area contributed by atoms with E-state index in [0.717, 1.165) is 30.7 Å². The number of anilines is 1. The monoisotopic (exact) mass is 510 g/mol. The molecule has 3 aliphatic rings. The quantitative estimate of drug-likeness (QED) is 0.206. The van der Waals surface area contributed by atoms with Gasteiger partial charge in [-0.1, -0.05) is 5.16 Å². The van der Waals surface area contributed by atoms with E-state index < -0.39 is 35.3 Å². The van der Waals surface area contributed by atoms with Crippen molar-refractivity contribution in [2.45, 2.75) is 43.3 Å². The Bertz CT molecular complexity index is 1060. The van der Waals surface area contributed by atoms with Gasteiger partial charge in [0.2, 0.25) is 0 Å². The van der Waals surface area contributed by atoms with Crippen LogP contribution in [0.25, 0.3) is 0 Å². The van der Waals surface area contributed by atoms with E-state index in [9.17, 15) is 24.6 Å². The number of aliphatic hydroxyl groups is 1. The number of likely N-dealkylation sites (tertiary alicyclic amines) is 1. The van der Waals surface area contributed by atoms with Crippen LogP contribution in [0.4, 0.5) is 5.13 Å². The van der Waals surface area contributed by atoms with Gasteiger partial charge in [0.05, 0.1) is 6.10 Å². The number of oxime groups is 1. The maximum Gasteiger partial charge on any atom is 0.352 e. The van der Waals surface area contributed by atoms with Crippen LogP contribution in [0.15, 0.2) is 21.8 Å². The van der Waals surface area contributed by atoms with Crippen LogP contribution in [0.2, 0.25) is 0 Å². The zero-order valence-corrected chi connectivity index (χ0v) is 20.3. The van der Waals surface area contributed by atoms with E-state index in [-0.39, 0.29) is 28.3 Å². The summed E-state index contributed by atoms with van der Waals surface area (Å²) in [6.45, 7) is 2.86. The van der Waals surface area contributed by atoms with Crippen molar-refractivity contribution in [1.29, 1.82) is 0 Å². The molecule has 0 spiro atoms. The van der Waals surface area contributed by atoms with Crippen LogP contribution in [0.5, 0.6) is 0 Å². The summed E-state index contributed by atoms with van der Waals surface area (Å²) in [5, 5.41) is 27.5. The molecule has 1 aromatic heterocycles. The summed E-state index contributed by atoms with van der Waals surface area (Å²) in [6.07, 6.45) is 1.24. The second kappa shape index (κ2) is 9.90. The minimum atomic E-state index is -1.19. The second-order valence-corrected chi connectivity index (χ2v) is 10.2. The molecule has 4 heterocycles. The highest BCUT2D eigenvalue weighted by molar-refractivity contribution is 8.00. The third-order valence-corrected chi connectivity index (χ3v) is 8.08. The molecule has 3 unspecified atom stereocenters. The zero-order chi connectivity index (χ0) is 24.6. The first-order valence-corrected chi connectivity index (χ1v) is 12.6. The topological polar surface area (TPSA) is 171 Å². The summed E-state index contributed by atoms with van der Waals surface area (Å²) >= 11 is 2.52. The Morgan fingerprint density at radius 1 is 1.47 bits per heavy atom. The molecule has 14 heteroatoms. The van der Waals surface area contributed by atoms with Crippen molar-refractivity contribution in [1.82, 2.24) is 20.1 Å². The molecular formula is C20H26N6O6S2. The number of nitrogens with zero attached hydrogens (tertiary/aromatic N) is 4. The number of carbonyl (C=O) groups is 3. The number of amides is 2. The molecule has 12 nitrogen and oxygen atoms in total. The normalized spacial score (nSPS) is 26.2. The number of β-lactam (4-membered cyclic amide) rings is 1. The number of hydrogen-bond acceptors (Lipinski definition) is 11. The van der Waals surface area contributed by atoms with Crippen LogP contribution < -0.4 is 11.1 Å². The van der Waals surface area contributed by atoms with Gasteiger partial charge in [0.25, 0.3) is 11.8 Å². The number of aliphatic carboxylic acids is 1. The van der Waals surface area contributed by atoms with E-state index in [4.69, 9.17) is 10.6 Å². The largest absolute Gasteiger partial charge is 0.477 e. The standard InChI is InChI=1S/C20H26N6O6S2/c1-9(27)12-4-3-5-25(12)6-10-7-33-18-14(17(29)26(18)15(10)19(30)31)23-16(28)13(24-32-2)11-8-34-20(21)22-11/h8-9,12,14,18,27H,3-7H2,1-2H3,(H2,21,22)(H,23,28)(H,30,31)/b24-13-/t9?,12?,14?,18-/m1/s1. The minimum absolute atomic E-state index is 0.0392. The molecule has 0 bridgehead atoms. The number of nitrogens with two attached hydrogens (primary N) is 1. The highest BCUT2D eigenvalue weighted by atomic mass is 32.2. The Kier molecular flexibility index (Phi) is 7.12. The van der Waals surface area contributed by atoms with E-state index in [1.54, 1.807) is 12.3 Å². The van der Waals surface area contributed by atoms with Gasteiger partial charge in [-0.15, -0.1) is 23.1 Å². The number of carboxylic acids is 1. The third kappa shape index (κ3) is 4.50. The number of aliphatic hydroxyl groups excluding tert-OH is 1. The SMILES string of the molecule is CO/N=C(\C(=O)NC1C(=O)N2C(C(=O)O)=C(CN3CCCC3C(C)O)CS[C@H]12)c1csc(N)n1. The molecule has 0 aromatic carbocycles. The lowest BCUT2D eigenvalue weighted by Crippen LogP contribution is -2.71. The van der Waals surface area contributed by atoms with Crippen LogP contribution in [0.1, 0.15) is 25.5 Å². The van der Waals surface area contributed by atoms with Crippen molar-refractivity contribution in [2.75, 3.05) is 31.7 Å². The van der Waals surface area contributed by atoms with Crippen LogP contribution in [0, 0.1) is 0 Å². The molecule has 4 rings (SSSR count). The van der Waals surface area contributed by atoms with Gasteiger partial charge in [-0.25, -0.2) is 9.78 Å². The lowest BCUT2D eigenvalue weighted by molar-refractivity contribution is -0.150. The number of carboxylic acid groups (broad SMARTS) is 1. The molecule has 2 amide bonds. The van der Waals surface area contributed by atoms with Gasteiger partial charge in [0, 0.05) is 23.7 Å². The first-order valence-electron chi connectivity index (χ1n) is 10.7. The predicted molar refractivity (Wildman–Crippen MR) is 126 cm³/mol. The Morgan fingerprint density at radius 3 is 2.85 bits per heavy atom. The molecule has 0 aliphatic carbocycles. The Morgan fingerprint density at radius 2 is 2.24 bits per heavy atom. The highest BCUT2D eigenvalue weighted by Gasteiger charge is 2.54. The molecule has 1 aromatic rings. The summed E-state index contributed by atoms with van der Waals surface area (Å²) in [5.74, 6) is -1.98. The number of hydrogen-bond donors (Lipinski definition) is 4. The first kappa shape index (κ1) is 24.4. The summed E-state index contributed by atoms with van der Waals surface area (Å²) < 4.78 is 0. The average Bonchev–Trinajstić information content (AvgIpc) is 3.44. The number of nitrogen functional groups attached to an aromatic ring is 1. The third-order valence-electron chi connectivity index (χ3n) is 6.06. The van der Waals surface area contributed by atoms with E-state index >= 15 is 0 Å². The highest BCUT2D eigenvalue weighted by Crippen LogP contribution is 2.41.